The van der Waals surface area contributed by atoms with Crippen LogP contribution in [0, 0.1) is 5.92 Å². The van der Waals surface area contributed by atoms with Gasteiger partial charge in [-0.05, 0) is 24.9 Å². The summed E-state index contributed by atoms with van der Waals surface area (Å²) in [5.74, 6) is 1.08. The van der Waals surface area contributed by atoms with Gasteiger partial charge in [0, 0.05) is 12.1 Å². The molecule has 2 N–H and O–H groups in total. The van der Waals surface area contributed by atoms with Gasteiger partial charge in [0.2, 0.25) is 0 Å². The highest BCUT2D eigenvalue weighted by Crippen LogP contribution is 2.35. The van der Waals surface area contributed by atoms with Crippen molar-refractivity contribution in [3.8, 4) is 11.5 Å². The Bertz CT molecular complexity index is 600. The second-order valence-electron chi connectivity index (χ2n) is 5.86. The molecule has 1 unspecified atom stereocenters. The smallest absolute Gasteiger partial charge is 0.309 e. The van der Waals surface area contributed by atoms with Crippen molar-refractivity contribution in [2.45, 2.75) is 26.4 Å². The molecule has 0 fully saturated rings. The minimum Gasteiger partial charge on any atom is -0.487 e. The van der Waals surface area contributed by atoms with E-state index in [2.05, 4.69) is 19.2 Å². The molecule has 0 saturated carbocycles. The van der Waals surface area contributed by atoms with Gasteiger partial charge in [-0.1, -0.05) is 26.0 Å². The summed E-state index contributed by atoms with van der Waals surface area (Å²) < 4.78 is 33.7. The van der Waals surface area contributed by atoms with Crippen LogP contribution in [0.5, 0.6) is 11.5 Å². The van der Waals surface area contributed by atoms with E-state index in [0.717, 1.165) is 12.1 Å². The lowest BCUT2D eigenvalue weighted by Crippen LogP contribution is -2.33. The summed E-state index contributed by atoms with van der Waals surface area (Å²) in [7, 11) is -3.54. The topological polar surface area (TPSA) is 84.9 Å². The van der Waals surface area contributed by atoms with Crippen LogP contribution in [0.2, 0.25) is 0 Å². The van der Waals surface area contributed by atoms with Gasteiger partial charge in [-0.15, -0.1) is 0 Å². The molecule has 1 atom stereocenters. The third kappa shape index (κ3) is 4.86. The van der Waals surface area contributed by atoms with Crippen molar-refractivity contribution in [2.75, 3.05) is 25.4 Å². The number of fused-ring (bicyclic) bond motifs is 1. The molecule has 7 heteroatoms. The number of para-hydroxylation sites is 1. The maximum absolute atomic E-state index is 11.6. The van der Waals surface area contributed by atoms with Crippen LogP contribution >= 0.6 is 0 Å². The Hall–Kier alpha value is -1.31. The molecule has 0 amide bonds. The highest BCUT2D eigenvalue weighted by molar-refractivity contribution is 7.87. The van der Waals surface area contributed by atoms with Crippen LogP contribution in [0.25, 0.3) is 0 Å². The van der Waals surface area contributed by atoms with E-state index in [4.69, 9.17) is 8.92 Å². The number of ether oxygens (including phenoxy) is 1. The lowest BCUT2D eigenvalue weighted by atomic mass is 10.1. The molecule has 1 heterocycles. The minimum absolute atomic E-state index is 0.0226. The molecule has 0 saturated heterocycles. The number of hydrogen-bond acceptors (Lipinski definition) is 6. The highest BCUT2D eigenvalue weighted by Gasteiger charge is 2.25. The van der Waals surface area contributed by atoms with Crippen LogP contribution in [0.15, 0.2) is 18.2 Å². The molecular weight excluding hydrogens is 306 g/mol. The van der Waals surface area contributed by atoms with E-state index >= 15 is 0 Å². The zero-order valence-corrected chi connectivity index (χ0v) is 13.7. The van der Waals surface area contributed by atoms with Gasteiger partial charge < -0.3 is 19.3 Å². The molecule has 22 heavy (non-hydrogen) atoms. The number of nitrogens with one attached hydrogen (secondary N) is 1. The molecule has 6 nitrogen and oxygen atoms in total. The van der Waals surface area contributed by atoms with Gasteiger partial charge in [-0.3, -0.25) is 0 Å². The largest absolute Gasteiger partial charge is 0.487 e. The molecule has 1 aliphatic heterocycles. The Labute approximate surface area is 131 Å². The van der Waals surface area contributed by atoms with Crippen molar-refractivity contribution in [1.82, 2.24) is 5.32 Å². The predicted octanol–water partition coefficient (Wildman–Crippen LogP) is 0.937. The number of aliphatic hydroxyl groups is 1. The average Bonchev–Trinajstić information content (AvgIpc) is 2.44. The second kappa shape index (κ2) is 7.30. The summed E-state index contributed by atoms with van der Waals surface area (Å²) in [4.78, 5) is 0. The summed E-state index contributed by atoms with van der Waals surface area (Å²) in [6, 6.07) is 5.25. The molecule has 0 radical (unpaired) electrons. The Kier molecular flexibility index (Phi) is 5.66. The van der Waals surface area contributed by atoms with Crippen molar-refractivity contribution >= 4 is 10.1 Å². The number of aliphatic hydroxyl groups excluding tert-OH is 1. The fourth-order valence-corrected chi connectivity index (χ4v) is 3.15. The molecule has 0 aromatic heterocycles. The van der Waals surface area contributed by atoms with Crippen LogP contribution in [0.1, 0.15) is 19.4 Å². The molecule has 1 aliphatic rings. The maximum atomic E-state index is 11.6. The van der Waals surface area contributed by atoms with E-state index < -0.39 is 16.2 Å². The number of benzene rings is 1. The van der Waals surface area contributed by atoms with Gasteiger partial charge in [0.05, 0.1) is 5.75 Å². The Morgan fingerprint density at radius 3 is 2.86 bits per heavy atom. The van der Waals surface area contributed by atoms with Gasteiger partial charge in [-0.25, -0.2) is 0 Å². The van der Waals surface area contributed by atoms with Crippen molar-refractivity contribution in [3.05, 3.63) is 23.8 Å². The number of rotatable bonds is 7. The van der Waals surface area contributed by atoms with E-state index in [-0.39, 0.29) is 18.1 Å². The lowest BCUT2D eigenvalue weighted by Gasteiger charge is -2.21. The molecule has 1 aromatic rings. The molecule has 0 spiro atoms. The van der Waals surface area contributed by atoms with Gasteiger partial charge in [-0.2, -0.15) is 8.42 Å². The zero-order chi connectivity index (χ0) is 16.2. The van der Waals surface area contributed by atoms with Crippen LogP contribution in [-0.4, -0.2) is 45.1 Å². The van der Waals surface area contributed by atoms with Gasteiger partial charge in [0.1, 0.15) is 12.7 Å². The van der Waals surface area contributed by atoms with E-state index in [1.54, 1.807) is 12.1 Å². The quantitative estimate of drug-likeness (QED) is 0.724. The predicted molar refractivity (Wildman–Crippen MR) is 83.8 cm³/mol. The third-order valence-electron chi connectivity index (χ3n) is 3.26. The zero-order valence-electron chi connectivity index (χ0n) is 12.9. The first-order valence-corrected chi connectivity index (χ1v) is 9.01. The second-order valence-corrected chi connectivity index (χ2v) is 7.55. The van der Waals surface area contributed by atoms with Crippen molar-refractivity contribution in [3.63, 3.8) is 0 Å². The van der Waals surface area contributed by atoms with Crippen LogP contribution in [0.3, 0.4) is 0 Å². The molecular formula is C15H23NO5S. The Balaban J connectivity index is 1.94. The van der Waals surface area contributed by atoms with E-state index in [9.17, 15) is 13.5 Å². The van der Waals surface area contributed by atoms with Gasteiger partial charge in [0.25, 0.3) is 0 Å². The van der Waals surface area contributed by atoms with Crippen molar-refractivity contribution in [2.24, 2.45) is 5.92 Å². The summed E-state index contributed by atoms with van der Waals surface area (Å²) in [5, 5.41) is 13.0. The fraction of sp³-hybridized carbons (Fsp3) is 0.600. The van der Waals surface area contributed by atoms with Gasteiger partial charge >= 0.3 is 10.1 Å². The standard InChI is InChI=1S/C15H23NO5S/c1-11(2)8-16-9-13(17)10-20-14-5-3-4-12-6-7-22(18,19)21-15(12)14/h3-5,11,13,16-17H,6-10H2,1-2H3. The molecule has 1 aromatic carbocycles. The number of hydrogen-bond donors (Lipinski definition) is 2. The van der Waals surface area contributed by atoms with E-state index in [0.29, 0.717) is 24.6 Å². The molecule has 2 rings (SSSR count). The summed E-state index contributed by atoms with van der Waals surface area (Å²) >= 11 is 0. The van der Waals surface area contributed by atoms with Crippen molar-refractivity contribution < 1.29 is 22.4 Å². The maximum Gasteiger partial charge on any atom is 0.309 e. The van der Waals surface area contributed by atoms with Gasteiger partial charge in [0.15, 0.2) is 11.5 Å². The average molecular weight is 329 g/mol. The van der Waals surface area contributed by atoms with Crippen LogP contribution < -0.4 is 14.2 Å². The highest BCUT2D eigenvalue weighted by atomic mass is 32.2. The summed E-state index contributed by atoms with van der Waals surface area (Å²) in [5.41, 5.74) is 0.805. The molecule has 124 valence electrons. The molecule has 0 aliphatic carbocycles. The van der Waals surface area contributed by atoms with Crippen LogP contribution in [-0.2, 0) is 16.5 Å². The summed E-state index contributed by atoms with van der Waals surface area (Å²) in [6.07, 6.45) is -0.261. The van der Waals surface area contributed by atoms with Crippen LogP contribution in [0.4, 0.5) is 0 Å². The number of aryl methyl sites for hydroxylation is 1. The fourth-order valence-electron chi connectivity index (χ4n) is 2.15. The third-order valence-corrected chi connectivity index (χ3v) is 4.38. The van der Waals surface area contributed by atoms with Crippen molar-refractivity contribution in [1.29, 1.82) is 0 Å². The first kappa shape index (κ1) is 17.1. The first-order chi connectivity index (χ1) is 10.4. The Morgan fingerprint density at radius 2 is 2.14 bits per heavy atom. The lowest BCUT2D eigenvalue weighted by molar-refractivity contribution is 0.105. The first-order valence-electron chi connectivity index (χ1n) is 7.43. The van der Waals surface area contributed by atoms with E-state index in [1.807, 2.05) is 6.07 Å². The molecule has 0 bridgehead atoms. The SMILES string of the molecule is CC(C)CNCC(O)COc1cccc2c1OS(=O)(=O)CC2. The summed E-state index contributed by atoms with van der Waals surface area (Å²) in [6.45, 7) is 5.49. The van der Waals surface area contributed by atoms with E-state index in [1.165, 1.54) is 0 Å². The Morgan fingerprint density at radius 1 is 1.36 bits per heavy atom. The minimum atomic E-state index is -3.54. The monoisotopic (exact) mass is 329 g/mol. The normalized spacial score (nSPS) is 17.6.